The number of piperazine rings is 1. The lowest BCUT2D eigenvalue weighted by molar-refractivity contribution is -0.114. The number of anilines is 2. The standard InChI is InChI=1S/C22H21N5O3/c1-14(28)25-19-6-5-15(11-16(19)13-23)17-3-2-4-18(22(17)29)20-12-21(26-30-20)27-9-7-24-8-10-27/h2-6,11-12,24,29H,7-10H2,1H3,(H,25,28). The number of carbonyl (C=O) groups excluding carboxylic acids is 1. The molecule has 1 fully saturated rings. The minimum atomic E-state index is -0.255. The molecular formula is C22H21N5O3. The lowest BCUT2D eigenvalue weighted by atomic mass is 9.98. The van der Waals surface area contributed by atoms with Crippen LogP contribution >= 0.6 is 0 Å². The third kappa shape index (κ3) is 3.83. The van der Waals surface area contributed by atoms with Gasteiger partial charge in [0.2, 0.25) is 5.91 Å². The number of amides is 1. The summed E-state index contributed by atoms with van der Waals surface area (Å²) in [7, 11) is 0. The second kappa shape index (κ2) is 8.27. The quantitative estimate of drug-likeness (QED) is 0.613. The van der Waals surface area contributed by atoms with Crippen LogP contribution in [0.1, 0.15) is 12.5 Å². The van der Waals surface area contributed by atoms with Crippen molar-refractivity contribution in [3.05, 3.63) is 48.0 Å². The molecule has 30 heavy (non-hydrogen) atoms. The summed E-state index contributed by atoms with van der Waals surface area (Å²) in [6, 6.07) is 14.3. The molecule has 2 heterocycles. The monoisotopic (exact) mass is 403 g/mol. The van der Waals surface area contributed by atoms with Crippen molar-refractivity contribution in [3.8, 4) is 34.3 Å². The molecule has 8 nitrogen and oxygen atoms in total. The third-order valence-corrected chi connectivity index (χ3v) is 5.00. The first kappa shape index (κ1) is 19.5. The van der Waals surface area contributed by atoms with Gasteiger partial charge in [0.25, 0.3) is 0 Å². The molecule has 0 radical (unpaired) electrons. The summed E-state index contributed by atoms with van der Waals surface area (Å²) < 4.78 is 5.51. The van der Waals surface area contributed by atoms with Gasteiger partial charge in [-0.25, -0.2) is 0 Å². The van der Waals surface area contributed by atoms with E-state index in [0.29, 0.717) is 33.7 Å². The first-order chi connectivity index (χ1) is 14.6. The number of hydrogen-bond donors (Lipinski definition) is 3. The molecule has 0 atom stereocenters. The molecule has 0 saturated carbocycles. The zero-order valence-electron chi connectivity index (χ0n) is 16.5. The summed E-state index contributed by atoms with van der Waals surface area (Å²) in [5.41, 5.74) is 2.47. The van der Waals surface area contributed by atoms with Crippen LogP contribution in [0, 0.1) is 11.3 Å². The number of rotatable bonds is 4. The van der Waals surface area contributed by atoms with Gasteiger partial charge in [0, 0.05) is 44.7 Å². The second-order valence-electron chi connectivity index (χ2n) is 7.04. The average Bonchev–Trinajstić information content (AvgIpc) is 3.24. The number of hydrogen-bond acceptors (Lipinski definition) is 7. The molecule has 152 valence electrons. The van der Waals surface area contributed by atoms with Crippen molar-refractivity contribution in [1.82, 2.24) is 10.5 Å². The maximum absolute atomic E-state index is 11.3. The minimum absolute atomic E-state index is 0.0386. The van der Waals surface area contributed by atoms with Gasteiger partial charge in [-0.15, -0.1) is 0 Å². The largest absolute Gasteiger partial charge is 0.507 e. The second-order valence-corrected chi connectivity index (χ2v) is 7.04. The molecular weight excluding hydrogens is 382 g/mol. The van der Waals surface area contributed by atoms with E-state index in [0.717, 1.165) is 32.0 Å². The summed E-state index contributed by atoms with van der Waals surface area (Å²) in [5.74, 6) is 0.993. The van der Waals surface area contributed by atoms with Gasteiger partial charge in [0.15, 0.2) is 11.6 Å². The fourth-order valence-corrected chi connectivity index (χ4v) is 3.51. The highest BCUT2D eigenvalue weighted by Crippen LogP contribution is 2.39. The van der Waals surface area contributed by atoms with Crippen molar-refractivity contribution in [1.29, 1.82) is 5.26 Å². The van der Waals surface area contributed by atoms with E-state index >= 15 is 0 Å². The Balaban J connectivity index is 1.68. The van der Waals surface area contributed by atoms with Crippen molar-refractivity contribution in [2.24, 2.45) is 0 Å². The van der Waals surface area contributed by atoms with Crippen LogP contribution in [0.15, 0.2) is 47.0 Å². The summed E-state index contributed by atoms with van der Waals surface area (Å²) in [4.78, 5) is 13.5. The van der Waals surface area contributed by atoms with Crippen LogP contribution in [0.2, 0.25) is 0 Å². The van der Waals surface area contributed by atoms with Gasteiger partial charge in [-0.1, -0.05) is 23.4 Å². The van der Waals surface area contributed by atoms with Crippen LogP contribution in [-0.4, -0.2) is 42.3 Å². The Labute approximate surface area is 173 Å². The maximum atomic E-state index is 11.3. The van der Waals surface area contributed by atoms with Gasteiger partial charge in [-0.3, -0.25) is 4.79 Å². The van der Waals surface area contributed by atoms with Crippen LogP contribution in [-0.2, 0) is 4.79 Å². The van der Waals surface area contributed by atoms with E-state index in [9.17, 15) is 15.2 Å². The molecule has 1 aliphatic heterocycles. The van der Waals surface area contributed by atoms with E-state index in [1.165, 1.54) is 6.92 Å². The SMILES string of the molecule is CC(=O)Nc1ccc(-c2cccc(-c3cc(N4CCNCC4)no3)c2O)cc1C#N. The molecule has 1 amide bonds. The van der Waals surface area contributed by atoms with Gasteiger partial charge in [0.1, 0.15) is 11.8 Å². The smallest absolute Gasteiger partial charge is 0.221 e. The molecule has 0 unspecified atom stereocenters. The van der Waals surface area contributed by atoms with Gasteiger partial charge < -0.3 is 25.2 Å². The number of aromatic hydroxyl groups is 1. The summed E-state index contributed by atoms with van der Waals surface area (Å²) >= 11 is 0. The fourth-order valence-electron chi connectivity index (χ4n) is 3.51. The number of benzene rings is 2. The summed E-state index contributed by atoms with van der Waals surface area (Å²) in [6.07, 6.45) is 0. The Bertz CT molecular complexity index is 1130. The van der Waals surface area contributed by atoms with E-state index in [1.54, 1.807) is 30.3 Å². The lowest BCUT2D eigenvalue weighted by Gasteiger charge is -2.26. The van der Waals surface area contributed by atoms with E-state index < -0.39 is 0 Å². The zero-order chi connectivity index (χ0) is 21.1. The molecule has 1 saturated heterocycles. The Morgan fingerprint density at radius 2 is 2.00 bits per heavy atom. The number of para-hydroxylation sites is 1. The Hall–Kier alpha value is -3.83. The summed E-state index contributed by atoms with van der Waals surface area (Å²) in [5, 5.41) is 30.4. The normalized spacial score (nSPS) is 13.7. The van der Waals surface area contributed by atoms with Gasteiger partial charge in [0.05, 0.1) is 16.8 Å². The Morgan fingerprint density at radius 3 is 2.73 bits per heavy atom. The van der Waals surface area contributed by atoms with Crippen LogP contribution in [0.25, 0.3) is 22.5 Å². The molecule has 1 aliphatic rings. The number of phenols is 1. The van der Waals surface area contributed by atoms with E-state index in [1.807, 2.05) is 12.1 Å². The fraction of sp³-hybridized carbons (Fsp3) is 0.227. The molecule has 0 aliphatic carbocycles. The molecule has 0 bridgehead atoms. The van der Waals surface area contributed by atoms with Gasteiger partial charge in [-0.2, -0.15) is 5.26 Å². The maximum Gasteiger partial charge on any atom is 0.221 e. The first-order valence-corrected chi connectivity index (χ1v) is 9.63. The predicted molar refractivity (Wildman–Crippen MR) is 113 cm³/mol. The Kier molecular flexibility index (Phi) is 5.37. The van der Waals surface area contributed by atoms with E-state index in [-0.39, 0.29) is 11.7 Å². The van der Waals surface area contributed by atoms with Crippen LogP contribution in [0.4, 0.5) is 11.5 Å². The summed E-state index contributed by atoms with van der Waals surface area (Å²) in [6.45, 7) is 4.85. The van der Waals surface area contributed by atoms with E-state index in [2.05, 4.69) is 26.8 Å². The topological polar surface area (TPSA) is 114 Å². The molecule has 3 aromatic rings. The molecule has 2 aromatic carbocycles. The highest BCUT2D eigenvalue weighted by Gasteiger charge is 2.19. The predicted octanol–water partition coefficient (Wildman–Crippen LogP) is 2.95. The van der Waals surface area contributed by atoms with Gasteiger partial charge >= 0.3 is 0 Å². The number of carbonyl (C=O) groups is 1. The van der Waals surface area contributed by atoms with E-state index in [4.69, 9.17) is 4.52 Å². The van der Waals surface area contributed by atoms with Crippen molar-refractivity contribution < 1.29 is 14.4 Å². The average molecular weight is 403 g/mol. The van der Waals surface area contributed by atoms with Crippen molar-refractivity contribution in [3.63, 3.8) is 0 Å². The lowest BCUT2D eigenvalue weighted by Crippen LogP contribution is -2.43. The number of nitrogens with zero attached hydrogens (tertiary/aromatic N) is 3. The van der Waals surface area contributed by atoms with Crippen LogP contribution < -0.4 is 15.5 Å². The first-order valence-electron chi connectivity index (χ1n) is 9.63. The Morgan fingerprint density at radius 1 is 1.23 bits per heavy atom. The number of aromatic nitrogens is 1. The number of nitriles is 1. The zero-order valence-corrected chi connectivity index (χ0v) is 16.5. The molecule has 3 N–H and O–H groups in total. The minimum Gasteiger partial charge on any atom is -0.507 e. The van der Waals surface area contributed by atoms with Crippen molar-refractivity contribution in [2.75, 3.05) is 36.4 Å². The number of phenolic OH excluding ortho intramolecular Hbond substituents is 1. The molecule has 8 heteroatoms. The number of nitrogens with one attached hydrogen (secondary N) is 2. The highest BCUT2D eigenvalue weighted by atomic mass is 16.5. The van der Waals surface area contributed by atoms with Gasteiger partial charge in [-0.05, 0) is 23.8 Å². The third-order valence-electron chi connectivity index (χ3n) is 5.00. The molecule has 4 rings (SSSR count). The van der Waals surface area contributed by atoms with Crippen molar-refractivity contribution in [2.45, 2.75) is 6.92 Å². The highest BCUT2D eigenvalue weighted by molar-refractivity contribution is 5.91. The van der Waals surface area contributed by atoms with Crippen LogP contribution in [0.3, 0.4) is 0 Å². The van der Waals surface area contributed by atoms with Crippen LogP contribution in [0.5, 0.6) is 5.75 Å². The van der Waals surface area contributed by atoms with Crippen molar-refractivity contribution >= 4 is 17.4 Å². The molecule has 0 spiro atoms. The molecule has 1 aromatic heterocycles.